The number of nitrogens with zero attached hydrogens (tertiary/aromatic N) is 2. The number of benzene rings is 1. The largest absolute Gasteiger partial charge is 0.401 e. The van der Waals surface area contributed by atoms with Gasteiger partial charge in [0.15, 0.2) is 0 Å². The van der Waals surface area contributed by atoms with Gasteiger partial charge in [-0.2, -0.15) is 13.2 Å². The summed E-state index contributed by atoms with van der Waals surface area (Å²) in [5.74, 6) is 0. The molecule has 0 unspecified atom stereocenters. The molecule has 1 aromatic rings. The maximum Gasteiger partial charge on any atom is 0.401 e. The van der Waals surface area contributed by atoms with E-state index in [9.17, 15) is 13.2 Å². The lowest BCUT2D eigenvalue weighted by molar-refractivity contribution is -0.146. The lowest BCUT2D eigenvalue weighted by atomic mass is 10.1. The van der Waals surface area contributed by atoms with Crippen molar-refractivity contribution < 1.29 is 13.2 Å². The minimum atomic E-state index is -4.11. The summed E-state index contributed by atoms with van der Waals surface area (Å²) in [4.78, 5) is 3.66. The molecule has 0 amide bonds. The minimum absolute atomic E-state index is 0.453. The summed E-state index contributed by atoms with van der Waals surface area (Å²) in [5.41, 5.74) is 2.33. The van der Waals surface area contributed by atoms with Gasteiger partial charge in [-0.15, -0.1) is 0 Å². The van der Waals surface area contributed by atoms with Crippen molar-refractivity contribution in [3.63, 3.8) is 0 Å². The van der Waals surface area contributed by atoms with Gasteiger partial charge in [-0.1, -0.05) is 25.1 Å². The van der Waals surface area contributed by atoms with Crippen molar-refractivity contribution in [1.82, 2.24) is 10.2 Å². The fraction of sp³-hybridized carbons (Fsp3) is 0.600. The van der Waals surface area contributed by atoms with E-state index in [0.717, 1.165) is 18.8 Å². The zero-order valence-electron chi connectivity index (χ0n) is 12.3. The highest BCUT2D eigenvalue weighted by molar-refractivity contribution is 5.54. The zero-order valence-corrected chi connectivity index (χ0v) is 12.3. The molecular formula is C15H22F3N3. The first-order valence-electron chi connectivity index (χ1n) is 7.32. The van der Waals surface area contributed by atoms with Crippen LogP contribution in [-0.2, 0) is 6.54 Å². The fourth-order valence-electron chi connectivity index (χ4n) is 2.63. The number of para-hydroxylation sites is 1. The molecule has 0 atom stereocenters. The molecule has 1 aromatic carbocycles. The lowest BCUT2D eigenvalue weighted by Crippen LogP contribution is -2.49. The predicted molar refractivity (Wildman–Crippen MR) is 78.5 cm³/mol. The minimum Gasteiger partial charge on any atom is -0.369 e. The van der Waals surface area contributed by atoms with Crippen LogP contribution in [0.15, 0.2) is 24.3 Å². The molecule has 1 heterocycles. The van der Waals surface area contributed by atoms with Crippen molar-refractivity contribution in [2.75, 3.05) is 44.2 Å². The monoisotopic (exact) mass is 301 g/mol. The normalized spacial score (nSPS) is 17.2. The Morgan fingerprint density at radius 1 is 1.10 bits per heavy atom. The van der Waals surface area contributed by atoms with Crippen LogP contribution in [0, 0.1) is 0 Å². The molecule has 1 aliphatic rings. The van der Waals surface area contributed by atoms with Gasteiger partial charge in [-0.3, -0.25) is 4.90 Å². The number of piperazine rings is 1. The highest BCUT2D eigenvalue weighted by Gasteiger charge is 2.32. The molecule has 0 spiro atoms. The lowest BCUT2D eigenvalue weighted by Gasteiger charge is -2.37. The quantitative estimate of drug-likeness (QED) is 0.901. The second-order valence-electron chi connectivity index (χ2n) is 5.29. The maximum atomic E-state index is 12.4. The standard InChI is InChI=1S/C15H22F3N3/c1-2-19-11-13-5-3-4-6-14(13)21-9-7-20(8-10-21)12-15(16,17)18/h3-6,19H,2,7-12H2,1H3. The van der Waals surface area contributed by atoms with Gasteiger partial charge in [-0.25, -0.2) is 0 Å². The molecule has 1 saturated heterocycles. The van der Waals surface area contributed by atoms with Crippen molar-refractivity contribution in [3.8, 4) is 0 Å². The molecule has 0 bridgehead atoms. The summed E-state index contributed by atoms with van der Waals surface area (Å²) in [6.07, 6.45) is -4.11. The zero-order chi connectivity index (χ0) is 15.3. The Morgan fingerprint density at radius 3 is 2.38 bits per heavy atom. The molecule has 0 saturated carbocycles. The molecule has 1 aliphatic heterocycles. The molecule has 1 N–H and O–H groups in total. The molecule has 3 nitrogen and oxygen atoms in total. The van der Waals surface area contributed by atoms with Crippen LogP contribution in [0.4, 0.5) is 18.9 Å². The molecule has 0 aliphatic carbocycles. The van der Waals surface area contributed by atoms with Gasteiger partial charge in [0.1, 0.15) is 0 Å². The number of anilines is 1. The van der Waals surface area contributed by atoms with Crippen LogP contribution in [0.1, 0.15) is 12.5 Å². The first kappa shape index (κ1) is 16.1. The third-order valence-corrected chi connectivity index (χ3v) is 3.67. The van der Waals surface area contributed by atoms with E-state index in [4.69, 9.17) is 0 Å². The number of alkyl halides is 3. The number of hydrogen-bond acceptors (Lipinski definition) is 3. The molecule has 0 aromatic heterocycles. The Kier molecular flexibility index (Phi) is 5.47. The Hall–Kier alpha value is -1.27. The van der Waals surface area contributed by atoms with Crippen LogP contribution < -0.4 is 10.2 Å². The average molecular weight is 301 g/mol. The van der Waals surface area contributed by atoms with Crippen LogP contribution in [0.5, 0.6) is 0 Å². The Labute approximate surface area is 123 Å². The third-order valence-electron chi connectivity index (χ3n) is 3.67. The van der Waals surface area contributed by atoms with Crippen LogP contribution in [0.3, 0.4) is 0 Å². The van der Waals surface area contributed by atoms with E-state index in [1.807, 2.05) is 18.2 Å². The number of halogens is 3. The second-order valence-corrected chi connectivity index (χ2v) is 5.29. The number of nitrogens with one attached hydrogen (secondary N) is 1. The van der Waals surface area contributed by atoms with Gasteiger partial charge in [0.05, 0.1) is 6.54 Å². The van der Waals surface area contributed by atoms with Gasteiger partial charge in [0.25, 0.3) is 0 Å². The predicted octanol–water partition coefficient (Wildman–Crippen LogP) is 2.48. The summed E-state index contributed by atoms with van der Waals surface area (Å²) in [5, 5.41) is 3.30. The van der Waals surface area contributed by atoms with Crippen molar-refractivity contribution in [2.45, 2.75) is 19.6 Å². The molecule has 6 heteroatoms. The van der Waals surface area contributed by atoms with Crippen molar-refractivity contribution in [3.05, 3.63) is 29.8 Å². The molecule has 21 heavy (non-hydrogen) atoms. The van der Waals surface area contributed by atoms with E-state index >= 15 is 0 Å². The van der Waals surface area contributed by atoms with E-state index in [1.165, 1.54) is 10.5 Å². The Morgan fingerprint density at radius 2 is 1.76 bits per heavy atom. The Bertz CT molecular complexity index is 440. The van der Waals surface area contributed by atoms with E-state index < -0.39 is 12.7 Å². The third kappa shape index (κ3) is 4.89. The van der Waals surface area contributed by atoms with Crippen LogP contribution in [-0.4, -0.2) is 50.3 Å². The van der Waals surface area contributed by atoms with E-state index in [-0.39, 0.29) is 0 Å². The Balaban J connectivity index is 1.96. The van der Waals surface area contributed by atoms with E-state index in [0.29, 0.717) is 26.2 Å². The van der Waals surface area contributed by atoms with Gasteiger partial charge < -0.3 is 10.2 Å². The van der Waals surface area contributed by atoms with E-state index in [2.05, 4.69) is 23.2 Å². The number of hydrogen-bond donors (Lipinski definition) is 1. The van der Waals surface area contributed by atoms with E-state index in [1.54, 1.807) is 0 Å². The molecule has 118 valence electrons. The van der Waals surface area contributed by atoms with Crippen molar-refractivity contribution in [1.29, 1.82) is 0 Å². The summed E-state index contributed by atoms with van der Waals surface area (Å²) in [7, 11) is 0. The summed E-state index contributed by atoms with van der Waals surface area (Å²) >= 11 is 0. The van der Waals surface area contributed by atoms with Crippen molar-refractivity contribution in [2.24, 2.45) is 0 Å². The van der Waals surface area contributed by atoms with Gasteiger partial charge in [0.2, 0.25) is 0 Å². The number of rotatable bonds is 5. The topological polar surface area (TPSA) is 18.5 Å². The maximum absolute atomic E-state index is 12.4. The highest BCUT2D eigenvalue weighted by atomic mass is 19.4. The molecule has 0 radical (unpaired) electrons. The van der Waals surface area contributed by atoms with Gasteiger partial charge >= 0.3 is 6.18 Å². The van der Waals surface area contributed by atoms with Gasteiger partial charge in [0, 0.05) is 38.4 Å². The van der Waals surface area contributed by atoms with Crippen LogP contribution in [0.25, 0.3) is 0 Å². The SMILES string of the molecule is CCNCc1ccccc1N1CCN(CC(F)(F)F)CC1. The molecular weight excluding hydrogens is 279 g/mol. The average Bonchev–Trinajstić information content (AvgIpc) is 2.45. The molecule has 2 rings (SSSR count). The molecule has 1 fully saturated rings. The summed E-state index contributed by atoms with van der Waals surface area (Å²) in [6.45, 7) is 5.12. The smallest absolute Gasteiger partial charge is 0.369 e. The summed E-state index contributed by atoms with van der Waals surface area (Å²) < 4.78 is 37.2. The fourth-order valence-corrected chi connectivity index (χ4v) is 2.63. The first-order valence-corrected chi connectivity index (χ1v) is 7.32. The second kappa shape index (κ2) is 7.13. The van der Waals surface area contributed by atoms with Gasteiger partial charge in [-0.05, 0) is 18.2 Å². The van der Waals surface area contributed by atoms with Crippen LogP contribution >= 0.6 is 0 Å². The first-order chi connectivity index (χ1) is 9.99. The summed E-state index contributed by atoms with van der Waals surface area (Å²) in [6, 6.07) is 8.09. The highest BCUT2D eigenvalue weighted by Crippen LogP contribution is 2.23. The van der Waals surface area contributed by atoms with Crippen LogP contribution in [0.2, 0.25) is 0 Å². The van der Waals surface area contributed by atoms with Crippen molar-refractivity contribution >= 4 is 5.69 Å².